The van der Waals surface area contributed by atoms with Crippen LogP contribution in [0, 0.1) is 12.7 Å². The van der Waals surface area contributed by atoms with Gasteiger partial charge in [0.2, 0.25) is 0 Å². The fourth-order valence-corrected chi connectivity index (χ4v) is 3.83. The number of nitrogens with zero attached hydrogens (tertiary/aromatic N) is 3. The van der Waals surface area contributed by atoms with Crippen molar-refractivity contribution in [3.05, 3.63) is 83.7 Å². The van der Waals surface area contributed by atoms with Crippen molar-refractivity contribution in [1.29, 1.82) is 0 Å². The molecule has 0 radical (unpaired) electrons. The molecule has 3 aromatic rings. The average molecular weight is 366 g/mol. The summed E-state index contributed by atoms with van der Waals surface area (Å²) in [6.45, 7) is 2.05. The van der Waals surface area contributed by atoms with Crippen LogP contribution in [0.2, 0.25) is 0 Å². The molecule has 4 rings (SSSR count). The van der Waals surface area contributed by atoms with Crippen LogP contribution in [-0.4, -0.2) is 14.7 Å². The van der Waals surface area contributed by atoms with Crippen LogP contribution in [0.25, 0.3) is 0 Å². The number of benzene rings is 1. The largest absolute Gasteiger partial charge is 0.351 e. The van der Waals surface area contributed by atoms with Gasteiger partial charge in [0.05, 0.1) is 17.4 Å². The fraction of sp³-hybridized carbons (Fsp3) is 0.200. The second-order valence-electron chi connectivity index (χ2n) is 6.41. The highest BCUT2D eigenvalue weighted by molar-refractivity contribution is 7.80. The number of para-hydroxylation sites is 1. The number of aryl methyl sites for hydroxylation is 1. The Balaban J connectivity index is 1.89. The van der Waals surface area contributed by atoms with Gasteiger partial charge < -0.3 is 14.8 Å². The van der Waals surface area contributed by atoms with Crippen molar-refractivity contribution in [1.82, 2.24) is 14.9 Å². The Kier molecular flexibility index (Phi) is 4.20. The molecule has 1 aliphatic heterocycles. The number of hydrogen-bond donors (Lipinski definition) is 1. The lowest BCUT2D eigenvalue weighted by atomic mass is 10.0. The molecule has 0 amide bonds. The molecular formula is C20H19FN4S. The van der Waals surface area contributed by atoms with Crippen LogP contribution < -0.4 is 10.2 Å². The third kappa shape index (κ3) is 2.66. The molecule has 1 aliphatic rings. The first-order valence-corrected chi connectivity index (χ1v) is 8.86. The normalized spacial score (nSPS) is 19.7. The lowest BCUT2D eigenvalue weighted by Gasteiger charge is -2.28. The predicted molar refractivity (Wildman–Crippen MR) is 104 cm³/mol. The van der Waals surface area contributed by atoms with E-state index in [2.05, 4.69) is 27.0 Å². The van der Waals surface area contributed by atoms with E-state index in [1.165, 1.54) is 6.07 Å². The van der Waals surface area contributed by atoms with Gasteiger partial charge in [-0.2, -0.15) is 0 Å². The molecule has 2 atom stereocenters. The van der Waals surface area contributed by atoms with Gasteiger partial charge in [0.15, 0.2) is 5.11 Å². The lowest BCUT2D eigenvalue weighted by molar-refractivity contribution is 0.532. The van der Waals surface area contributed by atoms with Gasteiger partial charge in [0.25, 0.3) is 0 Å². The van der Waals surface area contributed by atoms with E-state index in [-0.39, 0.29) is 17.9 Å². The van der Waals surface area contributed by atoms with Gasteiger partial charge in [-0.25, -0.2) is 4.39 Å². The van der Waals surface area contributed by atoms with Gasteiger partial charge in [-0.05, 0) is 55.5 Å². The first-order valence-electron chi connectivity index (χ1n) is 8.45. The SMILES string of the molecule is Cc1ccc(C2C(c3ccccn3)NC(=S)N2c2ccccc2F)n1C. The molecule has 0 spiro atoms. The van der Waals surface area contributed by atoms with Crippen LogP contribution >= 0.6 is 12.2 Å². The number of thiocarbonyl (C=S) groups is 1. The minimum atomic E-state index is -0.297. The second kappa shape index (κ2) is 6.53. The second-order valence-corrected chi connectivity index (χ2v) is 6.79. The number of rotatable bonds is 3. The Morgan fingerprint density at radius 2 is 1.85 bits per heavy atom. The van der Waals surface area contributed by atoms with Gasteiger partial charge in [0, 0.05) is 24.6 Å². The third-order valence-electron chi connectivity index (χ3n) is 4.92. The molecule has 2 aromatic heterocycles. The van der Waals surface area contributed by atoms with Gasteiger partial charge in [-0.1, -0.05) is 18.2 Å². The summed E-state index contributed by atoms with van der Waals surface area (Å²) in [5, 5.41) is 3.84. The smallest absolute Gasteiger partial charge is 0.174 e. The number of pyridine rings is 1. The maximum absolute atomic E-state index is 14.6. The van der Waals surface area contributed by atoms with E-state index >= 15 is 0 Å². The zero-order valence-corrected chi connectivity index (χ0v) is 15.4. The Morgan fingerprint density at radius 3 is 2.50 bits per heavy atom. The summed E-state index contributed by atoms with van der Waals surface area (Å²) in [5.74, 6) is -0.297. The summed E-state index contributed by atoms with van der Waals surface area (Å²) in [6.07, 6.45) is 1.76. The predicted octanol–water partition coefficient (Wildman–Crippen LogP) is 4.04. The molecular weight excluding hydrogens is 347 g/mol. The van der Waals surface area contributed by atoms with Crippen LogP contribution in [-0.2, 0) is 7.05 Å². The Bertz CT molecular complexity index is 953. The highest BCUT2D eigenvalue weighted by atomic mass is 32.1. The molecule has 132 valence electrons. The highest BCUT2D eigenvalue weighted by Crippen LogP contribution is 2.42. The van der Waals surface area contributed by atoms with Crippen molar-refractivity contribution in [2.75, 3.05) is 4.90 Å². The summed E-state index contributed by atoms with van der Waals surface area (Å²) in [5.41, 5.74) is 3.52. The van der Waals surface area contributed by atoms with E-state index in [0.717, 1.165) is 17.1 Å². The molecule has 0 saturated carbocycles. The van der Waals surface area contributed by atoms with Gasteiger partial charge in [-0.3, -0.25) is 4.98 Å². The molecule has 1 N–H and O–H groups in total. The number of halogens is 1. The van der Waals surface area contributed by atoms with Crippen molar-refractivity contribution >= 4 is 23.0 Å². The summed E-state index contributed by atoms with van der Waals surface area (Å²) >= 11 is 5.60. The fourth-order valence-electron chi connectivity index (χ4n) is 3.49. The van der Waals surface area contributed by atoms with Crippen molar-refractivity contribution in [2.45, 2.75) is 19.0 Å². The standard InChI is InChI=1S/C20H19FN4S/c1-13-10-11-17(24(13)2)19-18(15-8-5-6-12-22-15)23-20(26)25(19)16-9-4-3-7-14(16)21/h3-12,18-19H,1-2H3,(H,23,26). The molecule has 1 aromatic carbocycles. The summed E-state index contributed by atoms with van der Waals surface area (Å²) in [7, 11) is 2.01. The summed E-state index contributed by atoms with van der Waals surface area (Å²) < 4.78 is 16.7. The van der Waals surface area contributed by atoms with Crippen molar-refractivity contribution in [3.8, 4) is 0 Å². The Hall–Kier alpha value is -2.73. The summed E-state index contributed by atoms with van der Waals surface area (Å²) in [6, 6.07) is 16.3. The number of hydrogen-bond acceptors (Lipinski definition) is 2. The number of anilines is 1. The molecule has 4 nitrogen and oxygen atoms in total. The van der Waals surface area contributed by atoms with E-state index in [0.29, 0.717) is 10.8 Å². The zero-order valence-electron chi connectivity index (χ0n) is 14.6. The monoisotopic (exact) mass is 366 g/mol. The van der Waals surface area contributed by atoms with Crippen molar-refractivity contribution in [2.24, 2.45) is 7.05 Å². The molecule has 0 aliphatic carbocycles. The maximum atomic E-state index is 14.6. The van der Waals surface area contributed by atoms with E-state index < -0.39 is 0 Å². The molecule has 0 bridgehead atoms. The van der Waals surface area contributed by atoms with Crippen LogP contribution in [0.4, 0.5) is 10.1 Å². The van der Waals surface area contributed by atoms with Crippen LogP contribution in [0.3, 0.4) is 0 Å². The van der Waals surface area contributed by atoms with Gasteiger partial charge >= 0.3 is 0 Å². The van der Waals surface area contributed by atoms with E-state index in [9.17, 15) is 4.39 Å². The average Bonchev–Trinajstić information content (AvgIpc) is 3.16. The minimum Gasteiger partial charge on any atom is -0.351 e. The number of nitrogens with one attached hydrogen (secondary N) is 1. The summed E-state index contributed by atoms with van der Waals surface area (Å²) in [4.78, 5) is 6.37. The Morgan fingerprint density at radius 1 is 1.08 bits per heavy atom. The molecule has 1 saturated heterocycles. The van der Waals surface area contributed by atoms with E-state index in [1.807, 2.05) is 43.1 Å². The Labute approximate surface area is 157 Å². The van der Waals surface area contributed by atoms with Crippen LogP contribution in [0.15, 0.2) is 60.8 Å². The van der Waals surface area contributed by atoms with Crippen LogP contribution in [0.5, 0.6) is 0 Å². The van der Waals surface area contributed by atoms with E-state index in [1.54, 1.807) is 18.3 Å². The van der Waals surface area contributed by atoms with Crippen molar-refractivity contribution < 1.29 is 4.39 Å². The zero-order chi connectivity index (χ0) is 18.3. The lowest BCUT2D eigenvalue weighted by Crippen LogP contribution is -2.31. The third-order valence-corrected chi connectivity index (χ3v) is 5.24. The van der Waals surface area contributed by atoms with Crippen molar-refractivity contribution in [3.63, 3.8) is 0 Å². The first-order chi connectivity index (χ1) is 12.6. The van der Waals surface area contributed by atoms with Gasteiger partial charge in [-0.15, -0.1) is 0 Å². The van der Waals surface area contributed by atoms with Gasteiger partial charge in [0.1, 0.15) is 11.9 Å². The first kappa shape index (κ1) is 16.7. The molecule has 3 heterocycles. The van der Waals surface area contributed by atoms with E-state index in [4.69, 9.17) is 12.2 Å². The molecule has 1 fully saturated rings. The maximum Gasteiger partial charge on any atom is 0.174 e. The highest BCUT2D eigenvalue weighted by Gasteiger charge is 2.42. The molecule has 6 heteroatoms. The molecule has 2 unspecified atom stereocenters. The van der Waals surface area contributed by atoms with Crippen LogP contribution in [0.1, 0.15) is 29.2 Å². The quantitative estimate of drug-likeness (QED) is 0.709. The number of aromatic nitrogens is 2. The molecule has 26 heavy (non-hydrogen) atoms. The minimum absolute atomic E-state index is 0.170. The topological polar surface area (TPSA) is 33.1 Å².